The van der Waals surface area contributed by atoms with Gasteiger partial charge >= 0.3 is 11.9 Å². The smallest absolute Gasteiger partial charge is 0.358 e. The molecular weight excluding hydrogens is 358 g/mol. The Morgan fingerprint density at radius 3 is 2.50 bits per heavy atom. The second-order valence-electron chi connectivity index (χ2n) is 6.64. The third-order valence-electron chi connectivity index (χ3n) is 4.54. The molecule has 0 radical (unpaired) electrons. The van der Waals surface area contributed by atoms with E-state index in [-0.39, 0.29) is 18.2 Å². The predicted octanol–water partition coefficient (Wildman–Crippen LogP) is 3.97. The molecule has 0 aliphatic carbocycles. The predicted molar refractivity (Wildman–Crippen MR) is 105 cm³/mol. The van der Waals surface area contributed by atoms with Crippen LogP contribution >= 0.6 is 0 Å². The van der Waals surface area contributed by atoms with E-state index in [9.17, 15) is 9.59 Å². The van der Waals surface area contributed by atoms with Crippen molar-refractivity contribution in [2.24, 2.45) is 0 Å². The Morgan fingerprint density at radius 1 is 1.11 bits per heavy atom. The molecule has 1 atom stereocenters. The van der Waals surface area contributed by atoms with Crippen LogP contribution in [0.2, 0.25) is 0 Å². The zero-order valence-corrected chi connectivity index (χ0v) is 17.1. The van der Waals surface area contributed by atoms with Crippen LogP contribution in [-0.2, 0) is 16.0 Å². The maximum absolute atomic E-state index is 12.5. The maximum Gasteiger partial charge on any atom is 0.358 e. The molecule has 0 amide bonds. The Morgan fingerprint density at radius 2 is 1.82 bits per heavy atom. The minimum absolute atomic E-state index is 0.240. The van der Waals surface area contributed by atoms with Crippen molar-refractivity contribution in [3.63, 3.8) is 0 Å². The molecule has 0 bridgehead atoms. The number of rotatable bonds is 10. The van der Waals surface area contributed by atoms with Gasteiger partial charge in [0.1, 0.15) is 0 Å². The summed E-state index contributed by atoms with van der Waals surface area (Å²) in [6, 6.07) is 1.96. The average Bonchev–Trinajstić information content (AvgIpc) is 3.15. The molecule has 0 aliphatic heterocycles. The third-order valence-corrected chi connectivity index (χ3v) is 4.54. The zero-order chi connectivity index (χ0) is 20.5. The monoisotopic (exact) mass is 387 g/mol. The Labute approximate surface area is 166 Å². The lowest BCUT2D eigenvalue weighted by atomic mass is 9.91. The number of nitrogens with zero attached hydrogens (tertiary/aromatic N) is 3. The van der Waals surface area contributed by atoms with Gasteiger partial charge in [-0.1, -0.05) is 26.7 Å². The molecule has 7 heteroatoms. The summed E-state index contributed by atoms with van der Waals surface area (Å²) in [5.41, 5.74) is 2.42. The van der Waals surface area contributed by atoms with Gasteiger partial charge < -0.3 is 14.0 Å². The number of imidazole rings is 1. The summed E-state index contributed by atoms with van der Waals surface area (Å²) in [4.78, 5) is 32.7. The summed E-state index contributed by atoms with van der Waals surface area (Å²) in [6.45, 7) is 8.79. The SMILES string of the molecule is CCCCC(C)c1ccnc(C(=O)OCC)c1Cn1cnc(C(=O)OCC)c1. The van der Waals surface area contributed by atoms with Crippen molar-refractivity contribution in [2.75, 3.05) is 13.2 Å². The fourth-order valence-electron chi connectivity index (χ4n) is 3.12. The van der Waals surface area contributed by atoms with Gasteiger partial charge in [-0.3, -0.25) is 0 Å². The number of carbonyl (C=O) groups is 2. The van der Waals surface area contributed by atoms with Crippen molar-refractivity contribution < 1.29 is 19.1 Å². The van der Waals surface area contributed by atoms with Gasteiger partial charge in [0.05, 0.1) is 26.1 Å². The van der Waals surface area contributed by atoms with E-state index in [4.69, 9.17) is 9.47 Å². The summed E-state index contributed by atoms with van der Waals surface area (Å²) in [7, 11) is 0. The van der Waals surface area contributed by atoms with E-state index < -0.39 is 11.9 Å². The maximum atomic E-state index is 12.5. The highest BCUT2D eigenvalue weighted by Gasteiger charge is 2.21. The Balaban J connectivity index is 2.38. The first-order valence-corrected chi connectivity index (χ1v) is 9.85. The first kappa shape index (κ1) is 21.6. The first-order chi connectivity index (χ1) is 13.5. The quantitative estimate of drug-likeness (QED) is 0.574. The number of pyridine rings is 1. The summed E-state index contributed by atoms with van der Waals surface area (Å²) >= 11 is 0. The van der Waals surface area contributed by atoms with Crippen molar-refractivity contribution in [1.82, 2.24) is 14.5 Å². The fraction of sp³-hybridized carbons (Fsp3) is 0.524. The second kappa shape index (κ2) is 10.6. The number of esters is 2. The Hall–Kier alpha value is -2.70. The molecule has 2 aromatic rings. The van der Waals surface area contributed by atoms with Crippen molar-refractivity contribution in [2.45, 2.75) is 59.4 Å². The van der Waals surface area contributed by atoms with Gasteiger partial charge in [-0.05, 0) is 37.8 Å². The highest BCUT2D eigenvalue weighted by molar-refractivity contribution is 5.89. The first-order valence-electron chi connectivity index (χ1n) is 9.85. The average molecular weight is 387 g/mol. The second-order valence-corrected chi connectivity index (χ2v) is 6.64. The zero-order valence-electron chi connectivity index (χ0n) is 17.1. The number of unbranched alkanes of at least 4 members (excludes halogenated alkanes) is 1. The van der Waals surface area contributed by atoms with Crippen molar-refractivity contribution in [3.05, 3.63) is 47.3 Å². The lowest BCUT2D eigenvalue weighted by Crippen LogP contribution is -2.16. The van der Waals surface area contributed by atoms with Crippen molar-refractivity contribution >= 4 is 11.9 Å². The third kappa shape index (κ3) is 5.41. The van der Waals surface area contributed by atoms with E-state index in [0.29, 0.717) is 18.8 Å². The molecule has 2 rings (SSSR count). The summed E-state index contributed by atoms with van der Waals surface area (Å²) in [6.07, 6.45) is 8.09. The summed E-state index contributed by atoms with van der Waals surface area (Å²) < 4.78 is 12.0. The number of ether oxygens (including phenoxy) is 2. The molecule has 2 heterocycles. The molecule has 0 saturated heterocycles. The van der Waals surface area contributed by atoms with Gasteiger partial charge in [0, 0.05) is 18.0 Å². The van der Waals surface area contributed by atoms with E-state index in [0.717, 1.165) is 30.4 Å². The van der Waals surface area contributed by atoms with E-state index in [1.54, 1.807) is 37.1 Å². The Bertz CT molecular complexity index is 801. The molecule has 0 fully saturated rings. The molecule has 28 heavy (non-hydrogen) atoms. The van der Waals surface area contributed by atoms with Gasteiger partial charge in [-0.2, -0.15) is 0 Å². The minimum atomic E-state index is -0.463. The van der Waals surface area contributed by atoms with Crippen LogP contribution < -0.4 is 0 Å². The number of hydrogen-bond acceptors (Lipinski definition) is 6. The van der Waals surface area contributed by atoms with E-state index in [2.05, 4.69) is 23.8 Å². The highest BCUT2D eigenvalue weighted by atomic mass is 16.5. The van der Waals surface area contributed by atoms with Gasteiger partial charge in [0.15, 0.2) is 11.4 Å². The minimum Gasteiger partial charge on any atom is -0.461 e. The van der Waals surface area contributed by atoms with Gasteiger partial charge in [0.2, 0.25) is 0 Å². The van der Waals surface area contributed by atoms with Crippen LogP contribution in [-0.4, -0.2) is 39.7 Å². The van der Waals surface area contributed by atoms with Gasteiger partial charge in [-0.25, -0.2) is 19.6 Å². The molecule has 0 N–H and O–H groups in total. The standard InChI is InChI=1S/C21H29N3O4/c1-5-8-9-15(4)16-10-11-22-19(21(26)28-7-3)17(16)12-24-13-18(23-14-24)20(25)27-6-2/h10-11,13-15H,5-9,12H2,1-4H3. The molecule has 7 nitrogen and oxygen atoms in total. The van der Waals surface area contributed by atoms with E-state index in [1.165, 1.54) is 0 Å². The highest BCUT2D eigenvalue weighted by Crippen LogP contribution is 2.27. The van der Waals surface area contributed by atoms with Crippen LogP contribution in [0, 0.1) is 0 Å². The van der Waals surface area contributed by atoms with Crippen molar-refractivity contribution in [3.8, 4) is 0 Å². The summed E-state index contributed by atoms with van der Waals surface area (Å²) in [5.74, 6) is -0.624. The number of hydrogen-bond donors (Lipinski definition) is 0. The van der Waals surface area contributed by atoms with Crippen LogP contribution in [0.15, 0.2) is 24.8 Å². The summed E-state index contributed by atoms with van der Waals surface area (Å²) in [5, 5.41) is 0. The number of aromatic nitrogens is 3. The normalized spacial score (nSPS) is 11.9. The molecule has 1 unspecified atom stereocenters. The van der Waals surface area contributed by atoms with E-state index in [1.807, 2.05) is 6.07 Å². The van der Waals surface area contributed by atoms with Gasteiger partial charge in [-0.15, -0.1) is 0 Å². The van der Waals surface area contributed by atoms with Crippen LogP contribution in [0.4, 0.5) is 0 Å². The molecule has 152 valence electrons. The molecule has 2 aromatic heterocycles. The van der Waals surface area contributed by atoms with Crippen LogP contribution in [0.25, 0.3) is 0 Å². The molecule has 0 spiro atoms. The number of carbonyl (C=O) groups excluding carboxylic acids is 2. The molecular formula is C21H29N3O4. The lowest BCUT2D eigenvalue weighted by molar-refractivity contribution is 0.0508. The molecule has 0 aromatic carbocycles. The molecule has 0 saturated carbocycles. The van der Waals surface area contributed by atoms with E-state index >= 15 is 0 Å². The topological polar surface area (TPSA) is 83.3 Å². The van der Waals surface area contributed by atoms with Crippen LogP contribution in [0.3, 0.4) is 0 Å². The lowest BCUT2D eigenvalue weighted by Gasteiger charge is -2.18. The van der Waals surface area contributed by atoms with Gasteiger partial charge in [0.25, 0.3) is 0 Å². The van der Waals surface area contributed by atoms with Crippen LogP contribution in [0.1, 0.15) is 85.0 Å². The Kier molecular flexibility index (Phi) is 8.17. The van der Waals surface area contributed by atoms with Crippen LogP contribution in [0.5, 0.6) is 0 Å². The van der Waals surface area contributed by atoms with Crippen molar-refractivity contribution in [1.29, 1.82) is 0 Å². The fourth-order valence-corrected chi connectivity index (χ4v) is 3.12. The molecule has 0 aliphatic rings. The largest absolute Gasteiger partial charge is 0.461 e.